The molecule has 2 atom stereocenters. The first-order chi connectivity index (χ1) is 8.75. The van der Waals surface area contributed by atoms with Crippen molar-refractivity contribution in [3.8, 4) is 0 Å². The molecule has 2 aromatic rings. The van der Waals surface area contributed by atoms with Gasteiger partial charge in [-0.25, -0.2) is 0 Å². The summed E-state index contributed by atoms with van der Waals surface area (Å²) >= 11 is 0. The van der Waals surface area contributed by atoms with E-state index in [1.165, 1.54) is 10.9 Å². The molecular formula is C15H20N2O. The zero-order valence-corrected chi connectivity index (χ0v) is 10.8. The van der Waals surface area contributed by atoms with E-state index in [0.717, 1.165) is 31.4 Å². The lowest BCUT2D eigenvalue weighted by Crippen LogP contribution is -2.30. The van der Waals surface area contributed by atoms with E-state index in [0.29, 0.717) is 0 Å². The lowest BCUT2D eigenvalue weighted by molar-refractivity contribution is 0.115. The molecule has 0 bridgehead atoms. The van der Waals surface area contributed by atoms with Crippen LogP contribution in [-0.2, 0) is 0 Å². The summed E-state index contributed by atoms with van der Waals surface area (Å²) in [5, 5.41) is 11.7. The second kappa shape index (κ2) is 4.75. The molecule has 0 saturated carbocycles. The number of likely N-dealkylation sites (N-methyl/N-ethyl adjacent to an activating group) is 1. The number of aromatic amines is 1. The molecule has 1 aromatic carbocycles. The summed E-state index contributed by atoms with van der Waals surface area (Å²) in [6.45, 7) is 1.85. The highest BCUT2D eigenvalue weighted by Crippen LogP contribution is 2.33. The molecule has 18 heavy (non-hydrogen) atoms. The first-order valence-electron chi connectivity index (χ1n) is 6.68. The Morgan fingerprint density at radius 2 is 2.17 bits per heavy atom. The number of likely N-dealkylation sites (tertiary alicyclic amines) is 1. The molecule has 0 spiro atoms. The van der Waals surface area contributed by atoms with Gasteiger partial charge in [0, 0.05) is 29.6 Å². The topological polar surface area (TPSA) is 39.3 Å². The number of fused-ring (bicyclic) bond motifs is 1. The van der Waals surface area contributed by atoms with Crippen LogP contribution in [0.3, 0.4) is 0 Å². The van der Waals surface area contributed by atoms with E-state index in [2.05, 4.69) is 41.3 Å². The number of H-pyrrole nitrogens is 1. The molecule has 2 N–H and O–H groups in total. The van der Waals surface area contributed by atoms with Crippen molar-refractivity contribution in [2.24, 2.45) is 0 Å². The average molecular weight is 244 g/mol. The van der Waals surface area contributed by atoms with Gasteiger partial charge in [0.15, 0.2) is 0 Å². The minimum absolute atomic E-state index is 0.256. The van der Waals surface area contributed by atoms with Gasteiger partial charge in [0.1, 0.15) is 0 Å². The Balaban J connectivity index is 1.98. The Bertz CT molecular complexity index is 534. The van der Waals surface area contributed by atoms with Gasteiger partial charge in [-0.3, -0.25) is 0 Å². The van der Waals surface area contributed by atoms with Crippen LogP contribution in [0.15, 0.2) is 30.5 Å². The molecule has 0 aliphatic carbocycles. The molecule has 2 heterocycles. The number of hydrogen-bond donors (Lipinski definition) is 2. The van der Waals surface area contributed by atoms with Crippen LogP contribution in [0.1, 0.15) is 24.3 Å². The zero-order chi connectivity index (χ0) is 12.5. The molecule has 1 aliphatic heterocycles. The fourth-order valence-electron chi connectivity index (χ4n) is 3.07. The number of aromatic nitrogens is 1. The van der Waals surface area contributed by atoms with Gasteiger partial charge in [-0.1, -0.05) is 18.2 Å². The number of benzene rings is 1. The number of aliphatic hydroxyl groups is 1. The van der Waals surface area contributed by atoms with Gasteiger partial charge < -0.3 is 15.0 Å². The molecule has 1 aliphatic rings. The van der Waals surface area contributed by atoms with Crippen LogP contribution in [0.5, 0.6) is 0 Å². The van der Waals surface area contributed by atoms with Gasteiger partial charge in [-0.15, -0.1) is 0 Å². The molecule has 0 radical (unpaired) electrons. The molecule has 96 valence electrons. The highest BCUT2D eigenvalue weighted by Gasteiger charge is 2.27. The van der Waals surface area contributed by atoms with Crippen molar-refractivity contribution in [3.05, 3.63) is 36.0 Å². The number of β-amino-alcohol motifs (C(OH)–C–C–N with tert-alkyl or cyclic N) is 1. The van der Waals surface area contributed by atoms with E-state index in [1.54, 1.807) is 0 Å². The molecule has 2 unspecified atom stereocenters. The van der Waals surface area contributed by atoms with E-state index in [9.17, 15) is 5.11 Å². The first-order valence-corrected chi connectivity index (χ1v) is 6.68. The average Bonchev–Trinajstić information content (AvgIpc) is 2.70. The number of aliphatic hydroxyl groups excluding tert-OH is 1. The van der Waals surface area contributed by atoms with Crippen molar-refractivity contribution < 1.29 is 5.11 Å². The van der Waals surface area contributed by atoms with Gasteiger partial charge in [-0.2, -0.15) is 0 Å². The van der Waals surface area contributed by atoms with Crippen LogP contribution in [-0.4, -0.2) is 41.2 Å². The van der Waals surface area contributed by atoms with Crippen molar-refractivity contribution in [1.29, 1.82) is 0 Å². The normalized spacial score (nSPS) is 26.3. The van der Waals surface area contributed by atoms with Crippen LogP contribution in [0.4, 0.5) is 0 Å². The summed E-state index contributed by atoms with van der Waals surface area (Å²) in [6.07, 6.45) is 4.02. The van der Waals surface area contributed by atoms with E-state index in [-0.39, 0.29) is 12.0 Å². The highest BCUT2D eigenvalue weighted by atomic mass is 16.3. The van der Waals surface area contributed by atoms with Gasteiger partial charge >= 0.3 is 0 Å². The molecular weight excluding hydrogens is 224 g/mol. The van der Waals surface area contributed by atoms with Crippen molar-refractivity contribution in [3.63, 3.8) is 0 Å². The van der Waals surface area contributed by atoms with Crippen molar-refractivity contribution >= 4 is 10.9 Å². The molecule has 0 amide bonds. The maximum atomic E-state index is 10.4. The summed E-state index contributed by atoms with van der Waals surface area (Å²) in [4.78, 5) is 5.53. The summed E-state index contributed by atoms with van der Waals surface area (Å²) in [7, 11) is 2.08. The van der Waals surface area contributed by atoms with Crippen molar-refractivity contribution in [2.45, 2.75) is 24.9 Å². The monoisotopic (exact) mass is 244 g/mol. The van der Waals surface area contributed by atoms with E-state index < -0.39 is 0 Å². The molecule has 3 heteroatoms. The Labute approximate surface area is 107 Å². The summed E-state index contributed by atoms with van der Waals surface area (Å²) in [6, 6.07) is 8.34. The molecule has 1 aromatic heterocycles. The fraction of sp³-hybridized carbons (Fsp3) is 0.467. The number of rotatable bonds is 1. The smallest absolute Gasteiger partial charge is 0.0736 e. The third-order valence-corrected chi connectivity index (χ3v) is 4.04. The van der Waals surface area contributed by atoms with Crippen LogP contribution in [0.2, 0.25) is 0 Å². The Morgan fingerprint density at radius 1 is 1.33 bits per heavy atom. The Hall–Kier alpha value is -1.32. The second-order valence-electron chi connectivity index (χ2n) is 5.37. The lowest BCUT2D eigenvalue weighted by atomic mass is 9.90. The summed E-state index contributed by atoms with van der Waals surface area (Å²) < 4.78 is 0. The van der Waals surface area contributed by atoms with E-state index in [4.69, 9.17) is 0 Å². The quantitative estimate of drug-likeness (QED) is 0.808. The number of hydrogen-bond acceptors (Lipinski definition) is 2. The maximum absolute atomic E-state index is 10.4. The maximum Gasteiger partial charge on any atom is 0.0736 e. The third-order valence-electron chi connectivity index (χ3n) is 4.04. The number of para-hydroxylation sites is 1. The van der Waals surface area contributed by atoms with Crippen molar-refractivity contribution in [1.82, 2.24) is 9.88 Å². The predicted octanol–water partition coefficient (Wildman–Crippen LogP) is 2.34. The number of nitrogens with one attached hydrogen (secondary N) is 1. The Morgan fingerprint density at radius 3 is 3.06 bits per heavy atom. The minimum atomic E-state index is -0.267. The van der Waals surface area contributed by atoms with Crippen LogP contribution < -0.4 is 0 Å². The number of nitrogens with zero attached hydrogens (tertiary/aromatic N) is 1. The van der Waals surface area contributed by atoms with Gasteiger partial charge in [0.25, 0.3) is 0 Å². The fourth-order valence-corrected chi connectivity index (χ4v) is 3.07. The van der Waals surface area contributed by atoms with Gasteiger partial charge in [-0.05, 0) is 38.1 Å². The minimum Gasteiger partial charge on any atom is -0.391 e. The predicted molar refractivity (Wildman–Crippen MR) is 73.8 cm³/mol. The lowest BCUT2D eigenvalue weighted by Gasteiger charge is -2.21. The summed E-state index contributed by atoms with van der Waals surface area (Å²) in [5.41, 5.74) is 2.44. The molecule has 3 nitrogen and oxygen atoms in total. The second-order valence-corrected chi connectivity index (χ2v) is 5.37. The molecule has 3 rings (SSSR count). The Kier molecular flexibility index (Phi) is 3.10. The third kappa shape index (κ3) is 2.04. The van der Waals surface area contributed by atoms with Crippen LogP contribution in [0.25, 0.3) is 10.9 Å². The largest absolute Gasteiger partial charge is 0.391 e. The van der Waals surface area contributed by atoms with Gasteiger partial charge in [0.05, 0.1) is 6.10 Å². The summed E-state index contributed by atoms with van der Waals surface area (Å²) in [5.74, 6) is 0.256. The van der Waals surface area contributed by atoms with Crippen LogP contribution >= 0.6 is 0 Å². The van der Waals surface area contributed by atoms with Gasteiger partial charge in [0.2, 0.25) is 0 Å². The van der Waals surface area contributed by atoms with E-state index in [1.807, 2.05) is 6.07 Å². The van der Waals surface area contributed by atoms with Crippen molar-refractivity contribution in [2.75, 3.05) is 20.1 Å². The zero-order valence-electron chi connectivity index (χ0n) is 10.8. The standard InChI is InChI=1S/C15H20N2O/c1-17-8-4-6-12(15(18)10-17)13-9-16-14-7-3-2-5-11(13)14/h2-3,5,7,9,12,15-16,18H,4,6,8,10H2,1H3. The van der Waals surface area contributed by atoms with E-state index >= 15 is 0 Å². The molecule has 1 saturated heterocycles. The molecule has 1 fully saturated rings. The highest BCUT2D eigenvalue weighted by molar-refractivity contribution is 5.83. The SMILES string of the molecule is CN1CCCC(c2c[nH]c3ccccc23)C(O)C1. The van der Waals surface area contributed by atoms with Crippen LogP contribution in [0, 0.1) is 0 Å². The first kappa shape index (κ1) is 11.8.